The molecule has 0 fully saturated rings. The largest absolute Gasteiger partial charge is 0.372 e. The zero-order chi connectivity index (χ0) is 17.4. The maximum atomic E-state index is 11.7. The molecule has 8 nitrogen and oxygen atoms in total. The summed E-state index contributed by atoms with van der Waals surface area (Å²) in [5, 5.41) is 8.66. The van der Waals surface area contributed by atoms with Gasteiger partial charge in [-0.2, -0.15) is 9.78 Å². The number of hydrogen-bond acceptors (Lipinski definition) is 8. The average molecular weight is 320 g/mol. The quantitative estimate of drug-likeness (QED) is 0.402. The van der Waals surface area contributed by atoms with Crippen molar-refractivity contribution in [3.8, 4) is 0 Å². The van der Waals surface area contributed by atoms with Crippen molar-refractivity contribution in [3.63, 3.8) is 0 Å². The van der Waals surface area contributed by atoms with E-state index in [0.29, 0.717) is 0 Å². The molecule has 0 aliphatic carbocycles. The lowest BCUT2D eigenvalue weighted by molar-refractivity contribution is -0.514. The molecule has 0 aromatic carbocycles. The van der Waals surface area contributed by atoms with E-state index in [0.717, 1.165) is 6.08 Å². The summed E-state index contributed by atoms with van der Waals surface area (Å²) in [5.41, 5.74) is -1.27. The third-order valence-electron chi connectivity index (χ3n) is 1.73. The molecule has 0 saturated heterocycles. The molecule has 22 heavy (non-hydrogen) atoms. The summed E-state index contributed by atoms with van der Waals surface area (Å²) in [6.07, 6.45) is 1.13. The number of hydrogen-bond donors (Lipinski definition) is 0. The van der Waals surface area contributed by atoms with Crippen LogP contribution in [-0.4, -0.2) is 23.1 Å². The van der Waals surface area contributed by atoms with Gasteiger partial charge in [0.2, 0.25) is 0 Å². The van der Waals surface area contributed by atoms with Crippen LogP contribution in [0.15, 0.2) is 11.6 Å². The lowest BCUT2D eigenvalue weighted by Gasteiger charge is -2.15. The molecule has 0 rings (SSSR count). The molecule has 0 saturated carbocycles. The SMILES string of the molecule is CC/C(=C\C(=O)OOOC(C)(C)C)C(=O)OOOC(C)(C)C. The maximum absolute atomic E-state index is 11.7. The van der Waals surface area contributed by atoms with E-state index in [-0.39, 0.29) is 12.0 Å². The molecular formula is C14H24O8. The van der Waals surface area contributed by atoms with Crippen LogP contribution in [0.4, 0.5) is 0 Å². The lowest BCUT2D eigenvalue weighted by Crippen LogP contribution is -2.22. The van der Waals surface area contributed by atoms with Gasteiger partial charge in [0.1, 0.15) is 0 Å². The Bertz CT molecular complexity index is 400. The molecule has 0 spiro atoms. The Morgan fingerprint density at radius 3 is 1.73 bits per heavy atom. The van der Waals surface area contributed by atoms with Gasteiger partial charge in [-0.3, -0.25) is 9.78 Å². The van der Waals surface area contributed by atoms with Crippen LogP contribution in [0.3, 0.4) is 0 Å². The van der Waals surface area contributed by atoms with Crippen LogP contribution in [0.5, 0.6) is 0 Å². The van der Waals surface area contributed by atoms with E-state index in [9.17, 15) is 9.59 Å². The fraction of sp³-hybridized carbons (Fsp3) is 0.714. The van der Waals surface area contributed by atoms with Crippen molar-refractivity contribution in [2.45, 2.75) is 66.1 Å². The summed E-state index contributed by atoms with van der Waals surface area (Å²) in [6, 6.07) is 0. The Hall–Kier alpha value is -1.48. The minimum atomic E-state index is -0.921. The van der Waals surface area contributed by atoms with Crippen LogP contribution >= 0.6 is 0 Å². The topological polar surface area (TPSA) is 89.5 Å². The molecule has 0 aromatic rings. The van der Waals surface area contributed by atoms with Crippen LogP contribution in [0.25, 0.3) is 0 Å². The smallest absolute Gasteiger partial charge is 0.264 e. The van der Waals surface area contributed by atoms with Gasteiger partial charge in [-0.05, 0) is 58.0 Å². The van der Waals surface area contributed by atoms with E-state index in [1.54, 1.807) is 48.5 Å². The molecule has 128 valence electrons. The molecule has 0 aromatic heterocycles. The van der Waals surface area contributed by atoms with E-state index >= 15 is 0 Å². The van der Waals surface area contributed by atoms with E-state index in [1.165, 1.54) is 0 Å². The molecule has 0 unspecified atom stereocenters. The first kappa shape index (κ1) is 20.5. The molecule has 8 heteroatoms. The molecule has 0 bridgehead atoms. The Labute approximate surface area is 130 Å². The predicted molar refractivity (Wildman–Crippen MR) is 74.4 cm³/mol. The first-order chi connectivity index (χ1) is 9.94. The third-order valence-corrected chi connectivity index (χ3v) is 1.73. The second-order valence-corrected chi connectivity index (χ2v) is 6.32. The van der Waals surface area contributed by atoms with Gasteiger partial charge >= 0.3 is 11.9 Å². The minimum absolute atomic E-state index is 0.0156. The third kappa shape index (κ3) is 11.2. The lowest BCUT2D eigenvalue weighted by atomic mass is 10.2. The summed E-state index contributed by atoms with van der Waals surface area (Å²) in [5.74, 6) is -1.80. The summed E-state index contributed by atoms with van der Waals surface area (Å²) in [7, 11) is 0. The first-order valence-electron chi connectivity index (χ1n) is 6.78. The fourth-order valence-electron chi connectivity index (χ4n) is 0.828. The standard InChI is InChI=1S/C14H24O8/c1-8-10(12(16)18-22-20-14(5,6)7)9-11(15)17-21-19-13(2,3)4/h9H,8H2,1-7H3/b10-9+. The highest BCUT2D eigenvalue weighted by Crippen LogP contribution is 2.11. The Morgan fingerprint density at radius 1 is 0.864 bits per heavy atom. The van der Waals surface area contributed by atoms with Crippen molar-refractivity contribution >= 4 is 11.9 Å². The van der Waals surface area contributed by atoms with E-state index in [1.807, 2.05) is 0 Å². The average Bonchev–Trinajstić information content (AvgIpc) is 2.32. The van der Waals surface area contributed by atoms with Crippen molar-refractivity contribution in [1.29, 1.82) is 0 Å². The molecule has 0 heterocycles. The van der Waals surface area contributed by atoms with Crippen LogP contribution < -0.4 is 0 Å². The molecular weight excluding hydrogens is 296 g/mol. The number of carbonyl (C=O) groups is 2. The zero-order valence-corrected chi connectivity index (χ0v) is 14.1. The van der Waals surface area contributed by atoms with Gasteiger partial charge in [0.25, 0.3) is 0 Å². The van der Waals surface area contributed by atoms with Gasteiger partial charge < -0.3 is 0 Å². The van der Waals surface area contributed by atoms with Crippen LogP contribution in [0, 0.1) is 0 Å². The molecule has 0 N–H and O–H groups in total. The fourth-order valence-corrected chi connectivity index (χ4v) is 0.828. The highest BCUT2D eigenvalue weighted by atomic mass is 17.5. The number of rotatable bonds is 7. The normalized spacial score (nSPS) is 13.0. The van der Waals surface area contributed by atoms with Crippen molar-refractivity contribution < 1.29 is 39.2 Å². The van der Waals surface area contributed by atoms with Gasteiger partial charge in [0, 0.05) is 11.6 Å². The molecule has 0 radical (unpaired) electrons. The Balaban J connectivity index is 4.36. The highest BCUT2D eigenvalue weighted by Gasteiger charge is 2.18. The van der Waals surface area contributed by atoms with Gasteiger partial charge in [0.15, 0.2) is 0 Å². The maximum Gasteiger partial charge on any atom is 0.372 e. The number of carbonyl (C=O) groups excluding carboxylic acids is 2. The van der Waals surface area contributed by atoms with Crippen LogP contribution in [0.1, 0.15) is 54.9 Å². The van der Waals surface area contributed by atoms with E-state index < -0.39 is 23.1 Å². The monoisotopic (exact) mass is 320 g/mol. The molecule has 0 amide bonds. The van der Waals surface area contributed by atoms with Crippen molar-refractivity contribution in [2.24, 2.45) is 0 Å². The molecule has 0 atom stereocenters. The summed E-state index contributed by atoms with van der Waals surface area (Å²) in [4.78, 5) is 41.4. The minimum Gasteiger partial charge on any atom is -0.264 e. The second-order valence-electron chi connectivity index (χ2n) is 6.32. The molecule has 0 aliphatic rings. The van der Waals surface area contributed by atoms with Crippen molar-refractivity contribution in [1.82, 2.24) is 0 Å². The highest BCUT2D eigenvalue weighted by molar-refractivity contribution is 5.95. The van der Waals surface area contributed by atoms with Gasteiger partial charge in [-0.25, -0.2) is 9.59 Å². The van der Waals surface area contributed by atoms with Gasteiger partial charge in [0.05, 0.1) is 11.2 Å². The first-order valence-corrected chi connectivity index (χ1v) is 6.78. The van der Waals surface area contributed by atoms with Crippen LogP contribution in [-0.2, 0) is 39.2 Å². The molecule has 0 aliphatic heterocycles. The summed E-state index contributed by atoms with van der Waals surface area (Å²) in [6.45, 7) is 11.9. The van der Waals surface area contributed by atoms with E-state index in [4.69, 9.17) is 9.78 Å². The van der Waals surface area contributed by atoms with Crippen molar-refractivity contribution in [2.75, 3.05) is 0 Å². The van der Waals surface area contributed by atoms with Crippen molar-refractivity contribution in [3.05, 3.63) is 11.6 Å². The zero-order valence-electron chi connectivity index (χ0n) is 14.1. The summed E-state index contributed by atoms with van der Waals surface area (Å²) >= 11 is 0. The predicted octanol–water partition coefficient (Wildman–Crippen LogP) is 2.73. The Morgan fingerprint density at radius 2 is 1.32 bits per heavy atom. The van der Waals surface area contributed by atoms with Gasteiger partial charge in [-0.1, -0.05) is 6.92 Å². The van der Waals surface area contributed by atoms with E-state index in [2.05, 4.69) is 19.9 Å². The Kier molecular flexibility index (Phi) is 8.25. The summed E-state index contributed by atoms with van der Waals surface area (Å²) < 4.78 is 0. The second kappa shape index (κ2) is 8.84. The van der Waals surface area contributed by atoms with Gasteiger partial charge in [-0.15, -0.1) is 0 Å². The van der Waals surface area contributed by atoms with Crippen LogP contribution in [0.2, 0.25) is 0 Å².